The fourth-order valence-corrected chi connectivity index (χ4v) is 1.77. The zero-order valence-corrected chi connectivity index (χ0v) is 17.2. The maximum absolute atomic E-state index is 11.1. The number of carboxylic acids is 1. The Morgan fingerprint density at radius 2 is 1.50 bits per heavy atom. The first kappa shape index (κ1) is 30.0. The predicted octanol–water partition coefficient (Wildman–Crippen LogP) is 0.885. The van der Waals surface area contributed by atoms with Gasteiger partial charge in [-0.05, 0) is 18.3 Å². The van der Waals surface area contributed by atoms with E-state index in [0.717, 1.165) is 20.4 Å². The van der Waals surface area contributed by atoms with Crippen LogP contribution in [0.1, 0.15) is 46.5 Å². The summed E-state index contributed by atoms with van der Waals surface area (Å²) >= 11 is 0.750. The summed E-state index contributed by atoms with van der Waals surface area (Å²) in [4.78, 5) is 11.1. The van der Waals surface area contributed by atoms with Crippen LogP contribution in [-0.2, 0) is 28.5 Å². The molecule has 0 aliphatic carbocycles. The molecule has 0 aromatic heterocycles. The summed E-state index contributed by atoms with van der Waals surface area (Å²) in [5.74, 6) is -5.11. The fraction of sp³-hybridized carbons (Fsp3) is 0.706. The number of aliphatic hydroxyl groups excluding tert-OH is 1. The molecule has 0 spiro atoms. The van der Waals surface area contributed by atoms with Crippen molar-refractivity contribution in [2.24, 2.45) is 11.3 Å². The predicted molar refractivity (Wildman–Crippen MR) is 91.6 cm³/mol. The number of aliphatic hydroxyl groups is 5. The summed E-state index contributed by atoms with van der Waals surface area (Å²) in [6, 6.07) is 0. The Morgan fingerprint density at radius 3 is 1.73 bits per heavy atom. The Bertz CT molecular complexity index is 414. The summed E-state index contributed by atoms with van der Waals surface area (Å²) < 4.78 is 8.25. The molecule has 0 aromatic carbocycles. The Balaban J connectivity index is -0.000000556. The van der Waals surface area contributed by atoms with Crippen molar-refractivity contribution in [1.29, 1.82) is 0 Å². The molecule has 0 aliphatic rings. The van der Waals surface area contributed by atoms with E-state index >= 15 is 0 Å². The van der Waals surface area contributed by atoms with Crippen molar-refractivity contribution in [3.8, 4) is 0 Å². The van der Waals surface area contributed by atoms with E-state index in [1.807, 2.05) is 20.8 Å². The summed E-state index contributed by atoms with van der Waals surface area (Å²) in [5, 5.41) is 54.0. The van der Waals surface area contributed by atoms with E-state index in [1.165, 1.54) is 12.2 Å². The molecule has 0 aliphatic heterocycles. The summed E-state index contributed by atoms with van der Waals surface area (Å²) in [5.41, 5.74) is -1.97. The van der Waals surface area contributed by atoms with Gasteiger partial charge in [0.15, 0.2) is 5.60 Å². The third kappa shape index (κ3) is 15.5. The Kier molecular flexibility index (Phi) is 16.5. The molecular formula is C17H32O8Ti. The molecule has 0 heterocycles. The van der Waals surface area contributed by atoms with Gasteiger partial charge in [0.25, 0.3) is 5.97 Å². The first-order chi connectivity index (χ1) is 11.7. The quantitative estimate of drug-likeness (QED) is 0.185. The van der Waals surface area contributed by atoms with Crippen molar-refractivity contribution in [3.63, 3.8) is 0 Å². The molecular weight excluding hydrogens is 380 g/mol. The molecule has 26 heavy (non-hydrogen) atoms. The Hall–Kier alpha value is -0.736. The minimum atomic E-state index is -2.88. The van der Waals surface area contributed by atoms with Crippen LogP contribution in [0, 0.1) is 11.3 Å². The SMILES string of the molecule is C=CCC(CCC(O)(O)O)C(O)(CC=C)C(=O)O.CC(C)(C)CO.[O]=[Ti]. The number of aliphatic carboxylic acids is 1. The van der Waals surface area contributed by atoms with Crippen LogP contribution in [0.15, 0.2) is 25.3 Å². The second kappa shape index (κ2) is 14.3. The maximum atomic E-state index is 11.1. The van der Waals surface area contributed by atoms with E-state index in [0.29, 0.717) is 0 Å². The zero-order valence-electron chi connectivity index (χ0n) is 15.7. The van der Waals surface area contributed by atoms with Crippen molar-refractivity contribution in [3.05, 3.63) is 25.3 Å². The number of carbonyl (C=O) groups is 1. The molecule has 2 unspecified atom stereocenters. The minimum absolute atomic E-state index is 0.0911. The molecule has 0 rings (SSSR count). The van der Waals surface area contributed by atoms with Crippen LogP contribution >= 0.6 is 0 Å². The van der Waals surface area contributed by atoms with Crippen molar-refractivity contribution >= 4 is 5.97 Å². The van der Waals surface area contributed by atoms with Gasteiger partial charge in [0.2, 0.25) is 0 Å². The third-order valence-corrected chi connectivity index (χ3v) is 3.25. The van der Waals surface area contributed by atoms with Crippen LogP contribution in [0.2, 0.25) is 0 Å². The number of hydrogen-bond donors (Lipinski definition) is 6. The monoisotopic (exact) mass is 412 g/mol. The van der Waals surface area contributed by atoms with Gasteiger partial charge in [-0.1, -0.05) is 32.9 Å². The molecule has 152 valence electrons. The summed E-state index contributed by atoms with van der Waals surface area (Å²) in [6.45, 7) is 13.1. The van der Waals surface area contributed by atoms with Gasteiger partial charge in [-0.3, -0.25) is 0 Å². The van der Waals surface area contributed by atoms with E-state index in [2.05, 4.69) is 13.2 Å². The Labute approximate surface area is 166 Å². The number of carboxylic acid groups (broad SMARTS) is 1. The summed E-state index contributed by atoms with van der Waals surface area (Å²) in [7, 11) is 0. The summed E-state index contributed by atoms with van der Waals surface area (Å²) in [6.07, 6.45) is 2.11. The molecule has 8 nitrogen and oxygen atoms in total. The fourth-order valence-electron chi connectivity index (χ4n) is 1.77. The van der Waals surface area contributed by atoms with Crippen molar-refractivity contribution in [1.82, 2.24) is 0 Å². The van der Waals surface area contributed by atoms with Gasteiger partial charge in [-0.25, -0.2) is 4.79 Å². The molecule has 2 atom stereocenters. The third-order valence-electron chi connectivity index (χ3n) is 3.25. The van der Waals surface area contributed by atoms with Crippen LogP contribution < -0.4 is 0 Å². The van der Waals surface area contributed by atoms with Gasteiger partial charge >= 0.3 is 29.7 Å². The second-order valence-electron chi connectivity index (χ2n) is 6.98. The number of rotatable bonds is 9. The molecule has 6 N–H and O–H groups in total. The normalized spacial score (nSPS) is 14.4. The molecule has 0 bridgehead atoms. The molecule has 0 aromatic rings. The van der Waals surface area contributed by atoms with Gasteiger partial charge in [-0.15, -0.1) is 13.2 Å². The average molecular weight is 412 g/mol. The second-order valence-corrected chi connectivity index (χ2v) is 6.98. The van der Waals surface area contributed by atoms with Crippen LogP contribution in [0.25, 0.3) is 0 Å². The standard InChI is InChI=1S/C12H20O6.C5H12O.O.Ti/c1-3-5-9(6-8-12(16,17)18)11(15,7-4-2)10(13)14;1-5(2,3)4-6;;/h3-4,9,15-18H,1-2,5-8H2,(H,13,14);6H,4H2,1-3H3;;. The van der Waals surface area contributed by atoms with E-state index < -0.39 is 29.9 Å². The van der Waals surface area contributed by atoms with Gasteiger partial charge in [0.05, 0.1) is 0 Å². The van der Waals surface area contributed by atoms with Gasteiger partial charge < -0.3 is 30.6 Å². The van der Waals surface area contributed by atoms with Gasteiger partial charge in [-0.2, -0.15) is 0 Å². The van der Waals surface area contributed by atoms with Crippen molar-refractivity contribution in [2.45, 2.75) is 58.0 Å². The van der Waals surface area contributed by atoms with Crippen molar-refractivity contribution in [2.75, 3.05) is 6.61 Å². The molecule has 0 saturated heterocycles. The average Bonchev–Trinajstić information content (AvgIpc) is 2.52. The molecule has 0 saturated carbocycles. The number of hydrogen-bond acceptors (Lipinski definition) is 7. The topological polar surface area (TPSA) is 156 Å². The van der Waals surface area contributed by atoms with Crippen LogP contribution in [0.3, 0.4) is 0 Å². The van der Waals surface area contributed by atoms with E-state index in [1.54, 1.807) is 0 Å². The first-order valence-corrected chi connectivity index (χ1v) is 8.53. The zero-order chi connectivity index (χ0) is 21.6. The van der Waals surface area contributed by atoms with Crippen LogP contribution in [0.5, 0.6) is 0 Å². The molecule has 0 amide bonds. The van der Waals surface area contributed by atoms with Gasteiger partial charge in [0.1, 0.15) is 0 Å². The number of allylic oxidation sites excluding steroid dienone is 1. The van der Waals surface area contributed by atoms with E-state index in [-0.39, 0.29) is 31.3 Å². The molecule has 0 fully saturated rings. The van der Waals surface area contributed by atoms with Crippen LogP contribution in [0.4, 0.5) is 0 Å². The first-order valence-electron chi connectivity index (χ1n) is 7.89. The molecule has 0 radical (unpaired) electrons. The van der Waals surface area contributed by atoms with E-state index in [4.69, 9.17) is 28.9 Å². The Morgan fingerprint density at radius 1 is 1.08 bits per heavy atom. The molecule has 9 heteroatoms. The van der Waals surface area contributed by atoms with Gasteiger partial charge in [0, 0.05) is 25.4 Å². The van der Waals surface area contributed by atoms with Crippen molar-refractivity contribution < 1.29 is 59.2 Å². The van der Waals surface area contributed by atoms with E-state index in [9.17, 15) is 9.90 Å². The van der Waals surface area contributed by atoms with Crippen LogP contribution in [-0.4, -0.2) is 54.8 Å².